The first-order valence-electron chi connectivity index (χ1n) is 7.62. The molecule has 0 atom stereocenters. The number of rotatable bonds is 3. The molecule has 0 aliphatic heterocycles. The highest BCUT2D eigenvalue weighted by molar-refractivity contribution is 5.85. The molecule has 21 heavy (non-hydrogen) atoms. The average Bonchev–Trinajstić information content (AvgIpc) is 2.83. The highest BCUT2D eigenvalue weighted by Crippen LogP contribution is 2.29. The molecule has 2 aromatic carbocycles. The van der Waals surface area contributed by atoms with Gasteiger partial charge in [0.1, 0.15) is 0 Å². The average molecular weight is 278 g/mol. The minimum absolute atomic E-state index is 1.15. The van der Waals surface area contributed by atoms with Gasteiger partial charge >= 0.3 is 0 Å². The number of fused-ring (bicyclic) bond motifs is 1. The minimum atomic E-state index is 1.15. The first-order valence-corrected chi connectivity index (χ1v) is 7.62. The predicted molar refractivity (Wildman–Crippen MR) is 89.6 cm³/mol. The maximum Gasteiger partial charge on any atom is 0.0679 e. The zero-order valence-electron chi connectivity index (χ0n) is 13.3. The Morgan fingerprint density at radius 1 is 1.05 bits per heavy atom. The molecular formula is C19H22N2. The van der Waals surface area contributed by atoms with E-state index in [2.05, 4.69) is 56.2 Å². The molecule has 0 fully saturated rings. The van der Waals surface area contributed by atoms with Gasteiger partial charge in [0.05, 0.1) is 11.7 Å². The summed E-state index contributed by atoms with van der Waals surface area (Å²) in [5.41, 5.74) is 8.01. The van der Waals surface area contributed by atoms with Crippen molar-refractivity contribution >= 4 is 10.9 Å². The van der Waals surface area contributed by atoms with E-state index < -0.39 is 0 Å². The van der Waals surface area contributed by atoms with Gasteiger partial charge in [-0.2, -0.15) is 5.10 Å². The first-order chi connectivity index (χ1) is 10.1. The summed E-state index contributed by atoms with van der Waals surface area (Å²) in [6.07, 6.45) is 4.27. The Kier molecular flexibility index (Phi) is 3.54. The number of aryl methyl sites for hydroxylation is 4. The van der Waals surface area contributed by atoms with Gasteiger partial charge in [-0.15, -0.1) is 0 Å². The van der Waals surface area contributed by atoms with E-state index in [1.54, 1.807) is 0 Å². The van der Waals surface area contributed by atoms with Crippen LogP contribution in [-0.2, 0) is 13.5 Å². The standard InChI is InChI=1S/C19H22N2/c1-5-6-15-11-18(14(3)9-13(15)2)16-7-8-19-17(10-16)12-20-21(19)4/h7-12H,5-6H2,1-4H3. The van der Waals surface area contributed by atoms with Crippen LogP contribution < -0.4 is 0 Å². The first kappa shape index (κ1) is 13.9. The fourth-order valence-electron chi connectivity index (χ4n) is 3.08. The Morgan fingerprint density at radius 3 is 2.62 bits per heavy atom. The van der Waals surface area contributed by atoms with Crippen LogP contribution in [0, 0.1) is 13.8 Å². The molecule has 0 saturated carbocycles. The SMILES string of the molecule is CCCc1cc(-c2ccc3c(cnn3C)c2)c(C)cc1C. The number of benzene rings is 2. The number of aromatic nitrogens is 2. The van der Waals surface area contributed by atoms with Crippen LogP contribution in [0.2, 0.25) is 0 Å². The Balaban J connectivity index is 2.14. The van der Waals surface area contributed by atoms with Crippen molar-refractivity contribution in [1.82, 2.24) is 9.78 Å². The summed E-state index contributed by atoms with van der Waals surface area (Å²) in [5, 5.41) is 5.53. The number of hydrogen-bond donors (Lipinski definition) is 0. The van der Waals surface area contributed by atoms with Crippen LogP contribution in [0.3, 0.4) is 0 Å². The van der Waals surface area contributed by atoms with Crippen LogP contribution in [0.4, 0.5) is 0 Å². The van der Waals surface area contributed by atoms with E-state index in [0.29, 0.717) is 0 Å². The Morgan fingerprint density at radius 2 is 1.86 bits per heavy atom. The summed E-state index contributed by atoms with van der Waals surface area (Å²) >= 11 is 0. The molecule has 2 heteroatoms. The lowest BCUT2D eigenvalue weighted by Gasteiger charge is -2.12. The minimum Gasteiger partial charge on any atom is -0.268 e. The third-order valence-electron chi connectivity index (χ3n) is 4.26. The lowest BCUT2D eigenvalue weighted by Crippen LogP contribution is -1.93. The molecule has 3 rings (SSSR count). The van der Waals surface area contributed by atoms with E-state index in [1.807, 2.05) is 17.9 Å². The maximum absolute atomic E-state index is 4.33. The summed E-state index contributed by atoms with van der Waals surface area (Å²) in [7, 11) is 1.98. The molecule has 0 spiro atoms. The molecule has 3 aromatic rings. The number of nitrogens with zero attached hydrogens (tertiary/aromatic N) is 2. The van der Waals surface area contributed by atoms with Crippen molar-refractivity contribution in [3.8, 4) is 11.1 Å². The molecule has 0 aliphatic rings. The third-order valence-corrected chi connectivity index (χ3v) is 4.26. The van der Waals surface area contributed by atoms with E-state index in [4.69, 9.17) is 0 Å². The second-order valence-electron chi connectivity index (χ2n) is 5.89. The largest absolute Gasteiger partial charge is 0.268 e. The Hall–Kier alpha value is -2.09. The van der Waals surface area contributed by atoms with Gasteiger partial charge in [0, 0.05) is 12.4 Å². The predicted octanol–water partition coefficient (Wildman–Crippen LogP) is 4.81. The summed E-state index contributed by atoms with van der Waals surface area (Å²) in [4.78, 5) is 0. The molecule has 0 N–H and O–H groups in total. The van der Waals surface area contributed by atoms with E-state index >= 15 is 0 Å². The van der Waals surface area contributed by atoms with Gasteiger partial charge < -0.3 is 0 Å². The maximum atomic E-state index is 4.33. The van der Waals surface area contributed by atoms with E-state index in [1.165, 1.54) is 45.1 Å². The van der Waals surface area contributed by atoms with Crippen molar-refractivity contribution in [1.29, 1.82) is 0 Å². The van der Waals surface area contributed by atoms with Crippen molar-refractivity contribution in [2.45, 2.75) is 33.6 Å². The summed E-state index contributed by atoms with van der Waals surface area (Å²) < 4.78 is 1.92. The summed E-state index contributed by atoms with van der Waals surface area (Å²) in [6.45, 7) is 6.65. The van der Waals surface area contributed by atoms with E-state index in [9.17, 15) is 0 Å². The molecule has 0 aliphatic carbocycles. The molecular weight excluding hydrogens is 256 g/mol. The second kappa shape index (κ2) is 5.36. The normalized spacial score (nSPS) is 11.2. The van der Waals surface area contributed by atoms with Crippen LogP contribution in [0.25, 0.3) is 22.0 Å². The zero-order valence-corrected chi connectivity index (χ0v) is 13.3. The summed E-state index contributed by atoms with van der Waals surface area (Å²) in [5.74, 6) is 0. The highest BCUT2D eigenvalue weighted by Gasteiger charge is 2.08. The fourth-order valence-corrected chi connectivity index (χ4v) is 3.08. The zero-order chi connectivity index (χ0) is 15.0. The number of hydrogen-bond acceptors (Lipinski definition) is 1. The fraction of sp³-hybridized carbons (Fsp3) is 0.316. The van der Waals surface area contributed by atoms with E-state index in [0.717, 1.165) is 6.42 Å². The van der Waals surface area contributed by atoms with Crippen LogP contribution in [0.1, 0.15) is 30.0 Å². The molecule has 108 valence electrons. The van der Waals surface area contributed by atoms with Crippen molar-refractivity contribution in [3.05, 3.63) is 53.2 Å². The Labute approximate surface area is 126 Å². The lowest BCUT2D eigenvalue weighted by molar-refractivity contribution is 0.797. The Bertz CT molecular complexity index is 797. The molecule has 0 bridgehead atoms. The van der Waals surface area contributed by atoms with Gasteiger partial charge in [-0.1, -0.05) is 31.5 Å². The molecule has 2 nitrogen and oxygen atoms in total. The van der Waals surface area contributed by atoms with Crippen molar-refractivity contribution in [2.75, 3.05) is 0 Å². The van der Waals surface area contributed by atoms with Gasteiger partial charge in [-0.05, 0) is 60.2 Å². The van der Waals surface area contributed by atoms with Gasteiger partial charge in [0.25, 0.3) is 0 Å². The second-order valence-corrected chi connectivity index (χ2v) is 5.89. The van der Waals surface area contributed by atoms with Gasteiger partial charge in [-0.25, -0.2) is 0 Å². The quantitative estimate of drug-likeness (QED) is 0.672. The van der Waals surface area contributed by atoms with Crippen molar-refractivity contribution in [2.24, 2.45) is 7.05 Å². The smallest absolute Gasteiger partial charge is 0.0679 e. The molecule has 1 heterocycles. The summed E-state index contributed by atoms with van der Waals surface area (Å²) in [6, 6.07) is 11.3. The molecule has 0 amide bonds. The lowest BCUT2D eigenvalue weighted by atomic mass is 9.93. The van der Waals surface area contributed by atoms with E-state index in [-0.39, 0.29) is 0 Å². The molecule has 1 aromatic heterocycles. The highest BCUT2D eigenvalue weighted by atomic mass is 15.2. The van der Waals surface area contributed by atoms with Gasteiger partial charge in [0.2, 0.25) is 0 Å². The van der Waals surface area contributed by atoms with Crippen LogP contribution >= 0.6 is 0 Å². The van der Waals surface area contributed by atoms with Crippen LogP contribution in [-0.4, -0.2) is 9.78 Å². The van der Waals surface area contributed by atoms with Crippen molar-refractivity contribution in [3.63, 3.8) is 0 Å². The third kappa shape index (κ3) is 2.46. The monoisotopic (exact) mass is 278 g/mol. The topological polar surface area (TPSA) is 17.8 Å². The molecule has 0 unspecified atom stereocenters. The van der Waals surface area contributed by atoms with Gasteiger partial charge in [-0.3, -0.25) is 4.68 Å². The van der Waals surface area contributed by atoms with Crippen LogP contribution in [0.15, 0.2) is 36.5 Å². The van der Waals surface area contributed by atoms with Gasteiger partial charge in [0.15, 0.2) is 0 Å². The van der Waals surface area contributed by atoms with Crippen molar-refractivity contribution < 1.29 is 0 Å². The molecule has 0 radical (unpaired) electrons. The molecule has 0 saturated heterocycles. The van der Waals surface area contributed by atoms with Crippen LogP contribution in [0.5, 0.6) is 0 Å².